The van der Waals surface area contributed by atoms with Gasteiger partial charge in [-0.15, -0.1) is 0 Å². The van der Waals surface area contributed by atoms with Gasteiger partial charge in [-0.05, 0) is 38.1 Å². The van der Waals surface area contributed by atoms with E-state index in [4.69, 9.17) is 0 Å². The first kappa shape index (κ1) is 11.9. The van der Waals surface area contributed by atoms with Gasteiger partial charge < -0.3 is 10.4 Å². The van der Waals surface area contributed by atoms with E-state index in [1.165, 1.54) is 0 Å². The van der Waals surface area contributed by atoms with E-state index in [1.54, 1.807) is 0 Å². The maximum absolute atomic E-state index is 11.9. The second-order valence-corrected chi connectivity index (χ2v) is 5.13. The summed E-state index contributed by atoms with van der Waals surface area (Å²) < 4.78 is 0. The van der Waals surface area contributed by atoms with Crippen LogP contribution in [0.1, 0.15) is 32.6 Å². The van der Waals surface area contributed by atoms with Gasteiger partial charge in [-0.2, -0.15) is 0 Å². The summed E-state index contributed by atoms with van der Waals surface area (Å²) in [5, 5.41) is 12.8. The molecule has 16 heavy (non-hydrogen) atoms. The number of hydrogen-bond acceptors (Lipinski definition) is 3. The fraction of sp³-hybridized carbons (Fsp3) is 0.917. The Morgan fingerprint density at radius 2 is 2.19 bits per heavy atom. The summed E-state index contributed by atoms with van der Waals surface area (Å²) in [5.41, 5.74) is 0. The zero-order chi connectivity index (χ0) is 11.5. The summed E-state index contributed by atoms with van der Waals surface area (Å²) in [6, 6.07) is -0.00958. The quantitative estimate of drug-likeness (QED) is 0.678. The molecule has 3 unspecified atom stereocenters. The number of carbonyl (C=O) groups excluding carboxylic acids is 1. The third-order valence-corrected chi connectivity index (χ3v) is 3.90. The predicted molar refractivity (Wildman–Crippen MR) is 62.0 cm³/mol. The first-order chi connectivity index (χ1) is 7.68. The van der Waals surface area contributed by atoms with E-state index in [0.717, 1.165) is 38.8 Å². The van der Waals surface area contributed by atoms with Crippen molar-refractivity contribution in [2.75, 3.05) is 19.6 Å². The zero-order valence-electron chi connectivity index (χ0n) is 9.98. The number of aliphatic hydroxyl groups excluding tert-OH is 1. The maximum Gasteiger partial charge on any atom is 0.237 e. The normalized spacial score (nSPS) is 37.9. The van der Waals surface area contributed by atoms with E-state index < -0.39 is 0 Å². The molecule has 0 aromatic rings. The first-order valence-electron chi connectivity index (χ1n) is 6.38. The second kappa shape index (κ2) is 5.15. The van der Waals surface area contributed by atoms with Crippen molar-refractivity contribution in [3.8, 4) is 0 Å². The molecule has 92 valence electrons. The van der Waals surface area contributed by atoms with Gasteiger partial charge in [0.15, 0.2) is 0 Å². The minimum absolute atomic E-state index is 0.00958. The number of hydrogen-bond donors (Lipinski definition) is 2. The van der Waals surface area contributed by atoms with Crippen molar-refractivity contribution < 1.29 is 9.90 Å². The topological polar surface area (TPSA) is 52.6 Å². The highest BCUT2D eigenvalue weighted by atomic mass is 16.3. The molecule has 0 radical (unpaired) electrons. The molecule has 4 nitrogen and oxygen atoms in total. The van der Waals surface area contributed by atoms with Crippen molar-refractivity contribution in [3.05, 3.63) is 0 Å². The van der Waals surface area contributed by atoms with Crippen LogP contribution in [0.5, 0.6) is 0 Å². The average Bonchev–Trinajstić information content (AvgIpc) is 2.47. The van der Waals surface area contributed by atoms with Crippen molar-refractivity contribution in [2.24, 2.45) is 5.92 Å². The van der Waals surface area contributed by atoms with Crippen LogP contribution in [0.25, 0.3) is 0 Å². The van der Waals surface area contributed by atoms with Crippen molar-refractivity contribution in [2.45, 2.75) is 44.8 Å². The van der Waals surface area contributed by atoms with E-state index in [2.05, 4.69) is 17.1 Å². The van der Waals surface area contributed by atoms with Gasteiger partial charge in [-0.1, -0.05) is 6.92 Å². The lowest BCUT2D eigenvalue weighted by molar-refractivity contribution is -0.127. The Kier molecular flexibility index (Phi) is 3.82. The zero-order valence-corrected chi connectivity index (χ0v) is 9.98. The Balaban J connectivity index is 1.97. The molecule has 2 rings (SSSR count). The molecule has 0 bridgehead atoms. The number of nitrogens with one attached hydrogen (secondary N) is 1. The van der Waals surface area contributed by atoms with Crippen LogP contribution in [0.2, 0.25) is 0 Å². The molecule has 2 N–H and O–H groups in total. The largest absolute Gasteiger partial charge is 0.392 e. The number of rotatable bonds is 1. The summed E-state index contributed by atoms with van der Waals surface area (Å²) in [5.74, 6) is 0.518. The summed E-state index contributed by atoms with van der Waals surface area (Å²) in [7, 11) is 0. The number of piperidine rings is 1. The fourth-order valence-electron chi connectivity index (χ4n) is 2.63. The van der Waals surface area contributed by atoms with E-state index >= 15 is 0 Å². The van der Waals surface area contributed by atoms with Crippen LogP contribution in [0.4, 0.5) is 0 Å². The molecule has 0 aromatic heterocycles. The molecule has 2 aliphatic rings. The highest BCUT2D eigenvalue weighted by Crippen LogP contribution is 2.21. The Bertz CT molecular complexity index is 257. The van der Waals surface area contributed by atoms with Crippen molar-refractivity contribution in [1.82, 2.24) is 10.2 Å². The predicted octanol–water partition coefficient (Wildman–Crippen LogP) is 0.358. The maximum atomic E-state index is 11.9. The summed E-state index contributed by atoms with van der Waals surface area (Å²) in [4.78, 5) is 14.0. The van der Waals surface area contributed by atoms with Crippen LogP contribution in [0.15, 0.2) is 0 Å². The van der Waals surface area contributed by atoms with Gasteiger partial charge >= 0.3 is 0 Å². The minimum Gasteiger partial charge on any atom is -0.392 e. The van der Waals surface area contributed by atoms with Crippen molar-refractivity contribution in [1.29, 1.82) is 0 Å². The van der Waals surface area contributed by atoms with Crippen molar-refractivity contribution >= 4 is 5.91 Å². The number of nitrogens with zero attached hydrogens (tertiary/aromatic N) is 1. The molecule has 0 aliphatic carbocycles. The summed E-state index contributed by atoms with van der Waals surface area (Å²) in [6.07, 6.45) is 3.84. The van der Waals surface area contributed by atoms with Gasteiger partial charge in [0.05, 0.1) is 12.1 Å². The van der Waals surface area contributed by atoms with Gasteiger partial charge in [0.1, 0.15) is 0 Å². The lowest BCUT2D eigenvalue weighted by Gasteiger charge is -2.38. The number of likely N-dealkylation sites (tertiary alicyclic amines) is 1. The average molecular weight is 226 g/mol. The van der Waals surface area contributed by atoms with Gasteiger partial charge in [-0.25, -0.2) is 0 Å². The Morgan fingerprint density at radius 3 is 2.94 bits per heavy atom. The van der Waals surface area contributed by atoms with Crippen LogP contribution in [0, 0.1) is 5.92 Å². The molecule has 0 saturated carbocycles. The summed E-state index contributed by atoms with van der Waals surface area (Å²) in [6.45, 7) is 4.48. The smallest absolute Gasteiger partial charge is 0.237 e. The highest BCUT2D eigenvalue weighted by Gasteiger charge is 2.32. The lowest BCUT2D eigenvalue weighted by atomic mass is 9.94. The van der Waals surface area contributed by atoms with E-state index in [0.29, 0.717) is 12.5 Å². The third-order valence-electron chi connectivity index (χ3n) is 3.90. The Hall–Kier alpha value is -0.610. The molecular weight excluding hydrogens is 204 g/mol. The van der Waals surface area contributed by atoms with Crippen LogP contribution >= 0.6 is 0 Å². The molecule has 3 atom stereocenters. The van der Waals surface area contributed by atoms with Gasteiger partial charge in [0, 0.05) is 13.1 Å². The molecular formula is C12H22N2O2. The molecule has 0 aromatic carbocycles. The van der Waals surface area contributed by atoms with E-state index in [1.807, 2.05) is 0 Å². The van der Waals surface area contributed by atoms with Crippen LogP contribution in [-0.2, 0) is 4.79 Å². The molecule has 2 aliphatic heterocycles. The van der Waals surface area contributed by atoms with Gasteiger partial charge in [0.2, 0.25) is 5.91 Å². The monoisotopic (exact) mass is 226 g/mol. The lowest BCUT2D eigenvalue weighted by Crippen LogP contribution is -2.52. The fourth-order valence-corrected chi connectivity index (χ4v) is 2.63. The second-order valence-electron chi connectivity index (χ2n) is 5.13. The molecule has 2 fully saturated rings. The SMILES string of the molecule is CC1CCN(C2CCCCNC2=O)CC1O. The van der Waals surface area contributed by atoms with Crippen LogP contribution < -0.4 is 5.32 Å². The van der Waals surface area contributed by atoms with E-state index in [9.17, 15) is 9.90 Å². The van der Waals surface area contributed by atoms with Crippen LogP contribution in [0.3, 0.4) is 0 Å². The molecule has 0 spiro atoms. The number of amides is 1. The minimum atomic E-state index is -0.273. The van der Waals surface area contributed by atoms with Gasteiger partial charge in [0.25, 0.3) is 0 Å². The van der Waals surface area contributed by atoms with Crippen molar-refractivity contribution in [3.63, 3.8) is 0 Å². The molecule has 4 heteroatoms. The Labute approximate surface area is 97.0 Å². The first-order valence-corrected chi connectivity index (χ1v) is 6.38. The van der Waals surface area contributed by atoms with Gasteiger partial charge in [-0.3, -0.25) is 9.69 Å². The third kappa shape index (κ3) is 2.55. The molecule has 1 amide bonds. The highest BCUT2D eigenvalue weighted by molar-refractivity contribution is 5.81. The summed E-state index contributed by atoms with van der Waals surface area (Å²) >= 11 is 0. The molecule has 2 heterocycles. The number of aliphatic hydroxyl groups is 1. The number of β-amino-alcohol motifs (C(OH)–C–C–N with tert-alkyl or cyclic N) is 1. The standard InChI is InChI=1S/C12H22N2O2/c1-9-5-7-14(8-11(9)15)10-4-2-3-6-13-12(10)16/h9-11,15H,2-8H2,1H3,(H,13,16). The van der Waals surface area contributed by atoms with E-state index in [-0.39, 0.29) is 18.1 Å². The molecule has 2 saturated heterocycles. The Morgan fingerprint density at radius 1 is 1.38 bits per heavy atom. The number of carbonyl (C=O) groups is 1. The van der Waals surface area contributed by atoms with Crippen LogP contribution in [-0.4, -0.2) is 47.7 Å².